The maximum atomic E-state index is 5.25. The van der Waals surface area contributed by atoms with Crippen molar-refractivity contribution in [1.29, 1.82) is 0 Å². The quantitative estimate of drug-likeness (QED) is 0.372. The summed E-state index contributed by atoms with van der Waals surface area (Å²) in [5, 5.41) is 0. The first-order valence-electron chi connectivity index (χ1n) is 4.26. The van der Waals surface area contributed by atoms with Gasteiger partial charge in [-0.3, -0.25) is 0 Å². The average Bonchev–Trinajstić information content (AvgIpc) is 2.14. The normalized spacial score (nSPS) is 11.7. The lowest BCUT2D eigenvalue weighted by Gasteiger charge is -2.02. The zero-order chi connectivity index (χ0) is 10.1. The Morgan fingerprint density at radius 2 is 2.23 bits per heavy atom. The van der Waals surface area contributed by atoms with Gasteiger partial charge in [-0.15, -0.1) is 0 Å². The van der Waals surface area contributed by atoms with Gasteiger partial charge in [0.1, 0.15) is 0 Å². The van der Waals surface area contributed by atoms with Crippen LogP contribution in [0.1, 0.15) is 20.3 Å². The Labute approximate surface area is 79.5 Å². The Balaban J connectivity index is 4.30. The summed E-state index contributed by atoms with van der Waals surface area (Å²) < 4.78 is 5.25. The van der Waals surface area contributed by atoms with E-state index in [1.165, 1.54) is 0 Å². The second-order valence-electron chi connectivity index (χ2n) is 2.33. The van der Waals surface area contributed by atoms with Crippen molar-refractivity contribution in [3.8, 4) is 0 Å². The number of allylic oxidation sites excluding steroid dienone is 1. The van der Waals surface area contributed by atoms with Gasteiger partial charge in [-0.05, 0) is 19.4 Å². The molecule has 0 fully saturated rings. The molecule has 0 rings (SSSR count). The van der Waals surface area contributed by atoms with Crippen molar-refractivity contribution in [2.45, 2.75) is 20.3 Å². The predicted molar refractivity (Wildman–Crippen MR) is 57.2 cm³/mol. The third-order valence-corrected chi connectivity index (χ3v) is 1.15. The molecule has 0 aromatic rings. The molecular formula is C10H16N2O. The highest BCUT2D eigenvalue weighted by molar-refractivity contribution is 5.83. The van der Waals surface area contributed by atoms with Gasteiger partial charge in [-0.2, -0.15) is 4.99 Å². The van der Waals surface area contributed by atoms with E-state index < -0.39 is 0 Å². The largest absolute Gasteiger partial charge is 0.463 e. The Bertz CT molecular complexity index is 229. The molecule has 0 radical (unpaired) electrons. The summed E-state index contributed by atoms with van der Waals surface area (Å²) in [5.41, 5.74) is 0.553. The molecule has 0 saturated heterocycles. The van der Waals surface area contributed by atoms with Gasteiger partial charge >= 0.3 is 6.02 Å². The molecule has 0 spiro atoms. The number of aliphatic imine (C=N–C) groups is 2. The van der Waals surface area contributed by atoms with Crippen molar-refractivity contribution < 1.29 is 4.74 Å². The molecule has 0 unspecified atom stereocenters. The monoisotopic (exact) mass is 180 g/mol. The third kappa shape index (κ3) is 5.84. The molecule has 0 aliphatic rings. The van der Waals surface area contributed by atoms with Gasteiger partial charge in [-0.1, -0.05) is 20.1 Å². The van der Waals surface area contributed by atoms with E-state index in [1.54, 1.807) is 12.3 Å². The van der Waals surface area contributed by atoms with E-state index in [0.717, 1.165) is 6.42 Å². The minimum Gasteiger partial charge on any atom is -0.463 e. The molecule has 0 atom stereocenters. The SMILES string of the molecule is C=CC(=C)N=C(N=CC)OCCC. The van der Waals surface area contributed by atoms with Crippen molar-refractivity contribution in [1.82, 2.24) is 0 Å². The fraction of sp³-hybridized carbons (Fsp3) is 0.400. The van der Waals surface area contributed by atoms with Crippen LogP contribution in [0, 0.1) is 0 Å². The molecule has 0 N–H and O–H groups in total. The van der Waals surface area contributed by atoms with Gasteiger partial charge in [0, 0.05) is 6.21 Å². The van der Waals surface area contributed by atoms with Crippen molar-refractivity contribution in [3.05, 3.63) is 24.9 Å². The van der Waals surface area contributed by atoms with Gasteiger partial charge in [0.05, 0.1) is 12.3 Å². The maximum absolute atomic E-state index is 5.25. The predicted octanol–water partition coefficient (Wildman–Crippen LogP) is 2.56. The van der Waals surface area contributed by atoms with Crippen LogP contribution in [-0.4, -0.2) is 18.8 Å². The van der Waals surface area contributed by atoms with Gasteiger partial charge in [0.15, 0.2) is 0 Å². The summed E-state index contributed by atoms with van der Waals surface area (Å²) in [6.45, 7) is 11.6. The van der Waals surface area contributed by atoms with Gasteiger partial charge in [-0.25, -0.2) is 4.99 Å². The fourth-order valence-electron chi connectivity index (χ4n) is 0.571. The van der Waals surface area contributed by atoms with Crippen molar-refractivity contribution >= 4 is 12.2 Å². The van der Waals surface area contributed by atoms with E-state index in [4.69, 9.17) is 4.74 Å². The molecule has 0 aromatic heterocycles. The number of ether oxygens (including phenoxy) is 1. The van der Waals surface area contributed by atoms with E-state index in [-0.39, 0.29) is 0 Å². The molecule has 13 heavy (non-hydrogen) atoms. The second-order valence-corrected chi connectivity index (χ2v) is 2.33. The lowest BCUT2D eigenvalue weighted by Crippen LogP contribution is -2.03. The molecule has 0 saturated carbocycles. The lowest BCUT2D eigenvalue weighted by molar-refractivity contribution is 0.300. The lowest BCUT2D eigenvalue weighted by atomic mass is 10.5. The van der Waals surface area contributed by atoms with Crippen LogP contribution in [0.3, 0.4) is 0 Å². The first-order valence-corrected chi connectivity index (χ1v) is 4.26. The summed E-state index contributed by atoms with van der Waals surface area (Å²) in [6.07, 6.45) is 4.12. The Morgan fingerprint density at radius 1 is 1.54 bits per heavy atom. The minimum atomic E-state index is 0.342. The average molecular weight is 180 g/mol. The zero-order valence-corrected chi connectivity index (χ0v) is 8.29. The van der Waals surface area contributed by atoms with Crippen LogP contribution in [0.5, 0.6) is 0 Å². The van der Waals surface area contributed by atoms with Crippen LogP contribution < -0.4 is 0 Å². The number of amidine groups is 1. The number of hydrogen-bond acceptors (Lipinski definition) is 2. The topological polar surface area (TPSA) is 34.0 Å². The van der Waals surface area contributed by atoms with Gasteiger partial charge in [0.2, 0.25) is 0 Å². The molecule has 0 heterocycles. The van der Waals surface area contributed by atoms with Crippen molar-refractivity contribution in [2.75, 3.05) is 6.61 Å². The van der Waals surface area contributed by atoms with E-state index in [0.29, 0.717) is 18.3 Å². The standard InChI is InChI=1S/C10H16N2O/c1-5-8-13-10(11-7-3)12-9(4)6-2/h6-7H,2,4-5,8H2,1,3H3. The molecule has 0 aliphatic carbocycles. The Hall–Kier alpha value is -1.38. The third-order valence-electron chi connectivity index (χ3n) is 1.15. The van der Waals surface area contributed by atoms with Crippen LogP contribution in [0.25, 0.3) is 0 Å². The van der Waals surface area contributed by atoms with Gasteiger partial charge in [0.25, 0.3) is 0 Å². The Morgan fingerprint density at radius 3 is 2.69 bits per heavy atom. The van der Waals surface area contributed by atoms with Gasteiger partial charge < -0.3 is 4.74 Å². The molecule has 72 valence electrons. The second kappa shape index (κ2) is 7.28. The van der Waals surface area contributed by atoms with E-state index >= 15 is 0 Å². The van der Waals surface area contributed by atoms with E-state index in [2.05, 4.69) is 23.1 Å². The highest BCUT2D eigenvalue weighted by atomic mass is 16.5. The van der Waals surface area contributed by atoms with E-state index in [9.17, 15) is 0 Å². The highest BCUT2D eigenvalue weighted by Crippen LogP contribution is 1.97. The van der Waals surface area contributed by atoms with Crippen LogP contribution in [0.15, 0.2) is 34.9 Å². The van der Waals surface area contributed by atoms with Crippen LogP contribution in [0.2, 0.25) is 0 Å². The van der Waals surface area contributed by atoms with Crippen molar-refractivity contribution in [2.24, 2.45) is 9.98 Å². The van der Waals surface area contributed by atoms with Crippen molar-refractivity contribution in [3.63, 3.8) is 0 Å². The summed E-state index contributed by atoms with van der Waals surface area (Å²) in [5.74, 6) is 0. The van der Waals surface area contributed by atoms with E-state index in [1.807, 2.05) is 13.8 Å². The number of rotatable bonds is 4. The van der Waals surface area contributed by atoms with Crippen LogP contribution >= 0.6 is 0 Å². The van der Waals surface area contributed by atoms with Crippen LogP contribution in [0.4, 0.5) is 0 Å². The molecule has 0 aliphatic heterocycles. The summed E-state index contributed by atoms with van der Waals surface area (Å²) >= 11 is 0. The number of hydrogen-bond donors (Lipinski definition) is 0. The fourth-order valence-corrected chi connectivity index (χ4v) is 0.571. The zero-order valence-electron chi connectivity index (χ0n) is 8.29. The molecule has 0 bridgehead atoms. The first-order chi connectivity index (χ1) is 6.24. The summed E-state index contributed by atoms with van der Waals surface area (Å²) in [7, 11) is 0. The molecule has 0 aromatic carbocycles. The number of nitrogens with zero attached hydrogens (tertiary/aromatic N) is 2. The molecule has 3 heteroatoms. The summed E-state index contributed by atoms with van der Waals surface area (Å²) in [4.78, 5) is 7.95. The maximum Gasteiger partial charge on any atom is 0.316 e. The highest BCUT2D eigenvalue weighted by Gasteiger charge is 1.95. The summed E-state index contributed by atoms with van der Waals surface area (Å²) in [6, 6.07) is 0.342. The smallest absolute Gasteiger partial charge is 0.316 e. The Kier molecular flexibility index (Phi) is 6.51. The minimum absolute atomic E-state index is 0.342. The molecule has 3 nitrogen and oxygen atoms in total. The molecular weight excluding hydrogens is 164 g/mol. The molecule has 0 amide bonds. The van der Waals surface area contributed by atoms with Crippen LogP contribution in [-0.2, 0) is 4.74 Å². The first kappa shape index (κ1) is 11.6.